The van der Waals surface area contributed by atoms with Gasteiger partial charge in [-0.1, -0.05) is 30.3 Å². The van der Waals surface area contributed by atoms with Crippen molar-refractivity contribution in [2.45, 2.75) is 12.5 Å². The van der Waals surface area contributed by atoms with E-state index in [4.69, 9.17) is 5.11 Å². The summed E-state index contributed by atoms with van der Waals surface area (Å²) in [5, 5.41) is 13.7. The highest BCUT2D eigenvalue weighted by Gasteiger charge is 2.19. The Hall–Kier alpha value is -1.88. The first-order valence-electron chi connectivity index (χ1n) is 5.34. The van der Waals surface area contributed by atoms with Crippen molar-refractivity contribution >= 4 is 11.9 Å². The van der Waals surface area contributed by atoms with Crippen LogP contribution in [0.5, 0.6) is 0 Å². The topological polar surface area (TPSA) is 78.4 Å². The van der Waals surface area contributed by atoms with Gasteiger partial charge >= 0.3 is 6.09 Å². The van der Waals surface area contributed by atoms with Crippen molar-refractivity contribution in [1.82, 2.24) is 10.6 Å². The first-order valence-corrected chi connectivity index (χ1v) is 5.34. The summed E-state index contributed by atoms with van der Waals surface area (Å²) in [6.07, 6.45) is -0.816. The van der Waals surface area contributed by atoms with E-state index >= 15 is 0 Å². The van der Waals surface area contributed by atoms with Crippen LogP contribution in [0.3, 0.4) is 0 Å². The average Bonchev–Trinajstić information content (AvgIpc) is 2.29. The second-order valence-electron chi connectivity index (χ2n) is 3.69. The summed E-state index contributed by atoms with van der Waals surface area (Å²) in [7, 11) is 1.65. The number of likely N-dealkylation sites (N-methyl/N-ethyl adjacent to an activating group) is 1. The molecule has 0 fully saturated rings. The Morgan fingerprint density at radius 1 is 1.29 bits per heavy atom. The van der Waals surface area contributed by atoms with Crippen LogP contribution in [0.2, 0.25) is 0 Å². The van der Waals surface area contributed by atoms with Gasteiger partial charge < -0.3 is 15.7 Å². The molecule has 0 aliphatic rings. The third kappa shape index (κ3) is 4.65. The zero-order chi connectivity index (χ0) is 12.7. The quantitative estimate of drug-likeness (QED) is 0.677. The largest absolute Gasteiger partial charge is 0.465 e. The van der Waals surface area contributed by atoms with Crippen LogP contribution in [0.1, 0.15) is 5.56 Å². The molecule has 0 saturated carbocycles. The number of carbonyl (C=O) groups excluding carboxylic acids is 1. The van der Waals surface area contributed by atoms with Gasteiger partial charge in [0.15, 0.2) is 5.78 Å². The predicted octanol–water partition coefficient (Wildman–Crippen LogP) is 0.654. The molecule has 92 valence electrons. The van der Waals surface area contributed by atoms with Gasteiger partial charge in [-0.25, -0.2) is 4.79 Å². The van der Waals surface area contributed by atoms with Crippen LogP contribution in [-0.2, 0) is 11.2 Å². The van der Waals surface area contributed by atoms with E-state index in [0.29, 0.717) is 6.42 Å². The van der Waals surface area contributed by atoms with E-state index in [1.165, 1.54) is 0 Å². The second kappa shape index (κ2) is 6.65. The standard InChI is InChI=1S/C12H16N2O3/c1-13-8-11(15)10(14-12(16)17)7-9-5-3-2-4-6-9/h2-6,10,13-14H,7-8H2,1H3,(H,16,17). The van der Waals surface area contributed by atoms with Gasteiger partial charge in [0, 0.05) is 0 Å². The van der Waals surface area contributed by atoms with Gasteiger partial charge in [-0.3, -0.25) is 4.79 Å². The molecule has 1 atom stereocenters. The number of hydrogen-bond donors (Lipinski definition) is 3. The fourth-order valence-corrected chi connectivity index (χ4v) is 1.54. The van der Waals surface area contributed by atoms with Gasteiger partial charge in [0.25, 0.3) is 0 Å². The summed E-state index contributed by atoms with van der Waals surface area (Å²) in [5.41, 5.74) is 0.927. The van der Waals surface area contributed by atoms with Gasteiger partial charge in [0.1, 0.15) is 0 Å². The van der Waals surface area contributed by atoms with Gasteiger partial charge in [-0.2, -0.15) is 0 Å². The summed E-state index contributed by atoms with van der Waals surface area (Å²) in [5.74, 6) is -0.168. The smallest absolute Gasteiger partial charge is 0.405 e. The molecule has 0 spiro atoms. The van der Waals surface area contributed by atoms with Crippen molar-refractivity contribution in [2.75, 3.05) is 13.6 Å². The molecule has 17 heavy (non-hydrogen) atoms. The number of carbonyl (C=O) groups is 2. The maximum atomic E-state index is 11.7. The molecular weight excluding hydrogens is 220 g/mol. The van der Waals surface area contributed by atoms with E-state index in [1.807, 2.05) is 30.3 Å². The molecular formula is C12H16N2O3. The second-order valence-corrected chi connectivity index (χ2v) is 3.69. The van der Waals surface area contributed by atoms with Crippen LogP contribution in [-0.4, -0.2) is 36.6 Å². The number of ketones is 1. The van der Waals surface area contributed by atoms with Gasteiger partial charge in [-0.05, 0) is 19.0 Å². The lowest BCUT2D eigenvalue weighted by Crippen LogP contribution is -2.44. The molecule has 5 nitrogen and oxygen atoms in total. The molecule has 1 aromatic rings. The van der Waals surface area contributed by atoms with Crippen molar-refractivity contribution in [2.24, 2.45) is 0 Å². The summed E-state index contributed by atoms with van der Waals surface area (Å²) in [6, 6.07) is 8.61. The minimum Gasteiger partial charge on any atom is -0.465 e. The normalized spacial score (nSPS) is 11.8. The van der Waals surface area contributed by atoms with Crippen LogP contribution in [0.4, 0.5) is 4.79 Å². The minimum atomic E-state index is -1.18. The summed E-state index contributed by atoms with van der Waals surface area (Å²) >= 11 is 0. The van der Waals surface area contributed by atoms with E-state index < -0.39 is 12.1 Å². The van der Waals surface area contributed by atoms with Crippen LogP contribution in [0.15, 0.2) is 30.3 Å². The summed E-state index contributed by atoms with van der Waals surface area (Å²) < 4.78 is 0. The number of hydrogen-bond acceptors (Lipinski definition) is 3. The highest BCUT2D eigenvalue weighted by Crippen LogP contribution is 2.04. The lowest BCUT2D eigenvalue weighted by Gasteiger charge is -2.15. The zero-order valence-corrected chi connectivity index (χ0v) is 9.64. The molecule has 0 saturated heterocycles. The SMILES string of the molecule is CNCC(=O)C(Cc1ccccc1)NC(=O)O. The van der Waals surface area contributed by atoms with Gasteiger partial charge in [-0.15, -0.1) is 0 Å². The van der Waals surface area contributed by atoms with Crippen molar-refractivity contribution in [3.05, 3.63) is 35.9 Å². The third-order valence-electron chi connectivity index (χ3n) is 2.32. The van der Waals surface area contributed by atoms with E-state index in [0.717, 1.165) is 5.56 Å². The maximum Gasteiger partial charge on any atom is 0.405 e. The van der Waals surface area contributed by atoms with Crippen LogP contribution >= 0.6 is 0 Å². The Labute approximate surface area is 99.8 Å². The molecule has 1 unspecified atom stereocenters. The lowest BCUT2D eigenvalue weighted by molar-refractivity contribution is -0.120. The van der Waals surface area contributed by atoms with Gasteiger partial charge in [0.2, 0.25) is 0 Å². The Kier molecular flexibility index (Phi) is 5.16. The molecule has 0 heterocycles. The highest BCUT2D eigenvalue weighted by atomic mass is 16.4. The Morgan fingerprint density at radius 3 is 2.47 bits per heavy atom. The monoisotopic (exact) mass is 236 g/mol. The van der Waals surface area contributed by atoms with Crippen molar-refractivity contribution in [1.29, 1.82) is 0 Å². The summed E-state index contributed by atoms with van der Waals surface area (Å²) in [4.78, 5) is 22.3. The van der Waals surface area contributed by atoms with Crippen molar-refractivity contribution in [3.8, 4) is 0 Å². The predicted molar refractivity (Wildman–Crippen MR) is 64.0 cm³/mol. The molecule has 1 aromatic carbocycles. The van der Waals surface area contributed by atoms with E-state index in [9.17, 15) is 9.59 Å². The Morgan fingerprint density at radius 2 is 1.94 bits per heavy atom. The molecule has 1 amide bonds. The number of carboxylic acid groups (broad SMARTS) is 1. The van der Waals surface area contributed by atoms with E-state index in [-0.39, 0.29) is 12.3 Å². The molecule has 5 heteroatoms. The maximum absolute atomic E-state index is 11.7. The average molecular weight is 236 g/mol. The number of benzene rings is 1. The first kappa shape index (κ1) is 13.2. The first-order chi connectivity index (χ1) is 8.13. The fraction of sp³-hybridized carbons (Fsp3) is 0.333. The molecule has 0 aromatic heterocycles. The van der Waals surface area contributed by atoms with Crippen molar-refractivity contribution < 1.29 is 14.7 Å². The van der Waals surface area contributed by atoms with Gasteiger partial charge in [0.05, 0.1) is 12.6 Å². The Balaban J connectivity index is 2.70. The molecule has 1 rings (SSSR count). The van der Waals surface area contributed by atoms with Crippen molar-refractivity contribution in [3.63, 3.8) is 0 Å². The minimum absolute atomic E-state index is 0.151. The van der Waals surface area contributed by atoms with E-state index in [1.54, 1.807) is 7.05 Å². The lowest BCUT2D eigenvalue weighted by atomic mass is 10.0. The van der Waals surface area contributed by atoms with E-state index in [2.05, 4.69) is 10.6 Å². The summed E-state index contributed by atoms with van der Waals surface area (Å²) in [6.45, 7) is 0.151. The van der Waals surface area contributed by atoms with Crippen LogP contribution < -0.4 is 10.6 Å². The van der Waals surface area contributed by atoms with Crippen LogP contribution in [0, 0.1) is 0 Å². The number of Topliss-reactive ketones (excluding diaryl/α,β-unsaturated/α-hetero) is 1. The molecule has 3 N–H and O–H groups in total. The zero-order valence-electron chi connectivity index (χ0n) is 9.64. The third-order valence-corrected chi connectivity index (χ3v) is 2.32. The molecule has 0 bridgehead atoms. The number of amides is 1. The molecule has 0 radical (unpaired) electrons. The fourth-order valence-electron chi connectivity index (χ4n) is 1.54. The Bertz CT molecular complexity index is 379. The van der Waals surface area contributed by atoms with Crippen LogP contribution in [0.25, 0.3) is 0 Å². The molecule has 0 aliphatic heterocycles. The molecule has 0 aliphatic carbocycles. The number of nitrogens with one attached hydrogen (secondary N) is 2. The highest BCUT2D eigenvalue weighted by molar-refractivity contribution is 5.88. The number of rotatable bonds is 6.